The third-order valence-electron chi connectivity index (χ3n) is 2.90. The quantitative estimate of drug-likeness (QED) is 0.313. The van der Waals surface area contributed by atoms with Crippen LogP contribution in [-0.4, -0.2) is 31.1 Å². The summed E-state index contributed by atoms with van der Waals surface area (Å²) < 4.78 is 17.2. The maximum Gasteiger partial charge on any atom is 0.323 e. The number of hydrogen-bond donors (Lipinski definition) is 2. The highest BCUT2D eigenvalue weighted by Gasteiger charge is 2.14. The number of esters is 1. The predicted molar refractivity (Wildman–Crippen MR) is 80.5 cm³/mol. The fraction of sp³-hybridized carbons (Fsp3) is 0.467. The summed E-state index contributed by atoms with van der Waals surface area (Å²) in [5.41, 5.74) is 11.9. The number of hydrogen-bond acceptors (Lipinski definition) is 4. The molecule has 0 saturated carbocycles. The molecular formula is C15H22FN3O2. The third-order valence-corrected chi connectivity index (χ3v) is 2.90. The molecule has 1 aromatic rings. The number of carbonyl (C=O) groups is 1. The molecule has 0 aliphatic heterocycles. The number of carbonyl (C=O) groups excluding carboxylic acids is 1. The number of nitrogens with zero attached hydrogens (tertiary/aromatic N) is 1. The minimum Gasteiger partial charge on any atom is -0.460 e. The van der Waals surface area contributed by atoms with E-state index in [9.17, 15) is 9.18 Å². The molecule has 6 heteroatoms. The van der Waals surface area contributed by atoms with Crippen LogP contribution in [-0.2, 0) is 16.1 Å². The van der Waals surface area contributed by atoms with Crippen molar-refractivity contribution in [2.75, 3.05) is 13.2 Å². The average Bonchev–Trinajstić information content (AvgIpc) is 2.52. The van der Waals surface area contributed by atoms with Crippen molar-refractivity contribution in [3.8, 4) is 0 Å². The van der Waals surface area contributed by atoms with Gasteiger partial charge in [-0.25, -0.2) is 4.39 Å². The maximum atomic E-state index is 12.0. The molecule has 0 amide bonds. The lowest BCUT2D eigenvalue weighted by atomic mass is 10.1. The molecule has 0 saturated heterocycles. The second-order valence-electron chi connectivity index (χ2n) is 4.70. The van der Waals surface area contributed by atoms with Gasteiger partial charge in [0.15, 0.2) is 0 Å². The van der Waals surface area contributed by atoms with Crippen molar-refractivity contribution in [1.29, 1.82) is 0 Å². The summed E-state index contributed by atoms with van der Waals surface area (Å²) in [6.07, 6.45) is 1.93. The van der Waals surface area contributed by atoms with E-state index < -0.39 is 18.7 Å². The second-order valence-corrected chi connectivity index (χ2v) is 4.70. The predicted octanol–water partition coefficient (Wildman–Crippen LogP) is 1.55. The van der Waals surface area contributed by atoms with E-state index in [1.54, 1.807) is 0 Å². The van der Waals surface area contributed by atoms with Crippen LogP contribution in [0, 0.1) is 0 Å². The van der Waals surface area contributed by atoms with Crippen molar-refractivity contribution < 1.29 is 13.9 Å². The van der Waals surface area contributed by atoms with Gasteiger partial charge in [0, 0.05) is 6.54 Å². The van der Waals surface area contributed by atoms with Gasteiger partial charge in [0.2, 0.25) is 0 Å². The third kappa shape index (κ3) is 7.41. The molecule has 0 fully saturated rings. The van der Waals surface area contributed by atoms with Gasteiger partial charge in [0.1, 0.15) is 25.2 Å². The van der Waals surface area contributed by atoms with E-state index in [1.165, 1.54) is 0 Å². The Kier molecular flexibility index (Phi) is 8.04. The number of alkyl halides is 1. The summed E-state index contributed by atoms with van der Waals surface area (Å²) in [7, 11) is 0. The highest BCUT2D eigenvalue weighted by atomic mass is 19.1. The first-order chi connectivity index (χ1) is 10.1. The van der Waals surface area contributed by atoms with Gasteiger partial charge in [-0.05, 0) is 24.8 Å². The fourth-order valence-corrected chi connectivity index (χ4v) is 1.69. The lowest BCUT2D eigenvalue weighted by Gasteiger charge is -2.11. The number of ether oxygens (including phenoxy) is 1. The molecule has 0 heterocycles. The van der Waals surface area contributed by atoms with E-state index in [2.05, 4.69) is 4.99 Å². The standard InChI is InChI=1S/C15H22FN3O2/c16-10-14(18)19-9-5-4-8-13(17)15(20)21-11-12-6-2-1-3-7-12/h1-3,6-7,13H,4-5,8-11,17H2,(H2,18,19). The number of benzene rings is 1. The molecule has 21 heavy (non-hydrogen) atoms. The Balaban J connectivity index is 2.16. The zero-order chi connectivity index (χ0) is 15.5. The van der Waals surface area contributed by atoms with Crippen molar-refractivity contribution in [3.63, 3.8) is 0 Å². The van der Waals surface area contributed by atoms with Crippen LogP contribution in [0.5, 0.6) is 0 Å². The summed E-state index contributed by atoms with van der Waals surface area (Å²) in [5.74, 6) is -0.410. The van der Waals surface area contributed by atoms with Gasteiger partial charge in [0.25, 0.3) is 0 Å². The second kappa shape index (κ2) is 9.88. The first-order valence-corrected chi connectivity index (χ1v) is 6.94. The highest BCUT2D eigenvalue weighted by molar-refractivity contribution is 5.81. The Morgan fingerprint density at radius 3 is 2.67 bits per heavy atom. The van der Waals surface area contributed by atoms with Gasteiger partial charge in [0.05, 0.1) is 0 Å². The van der Waals surface area contributed by atoms with Crippen molar-refractivity contribution in [1.82, 2.24) is 0 Å². The largest absolute Gasteiger partial charge is 0.460 e. The van der Waals surface area contributed by atoms with E-state index in [0.717, 1.165) is 5.56 Å². The lowest BCUT2D eigenvalue weighted by molar-refractivity contribution is -0.146. The first-order valence-electron chi connectivity index (χ1n) is 6.94. The summed E-state index contributed by atoms with van der Waals surface area (Å²) in [6, 6.07) is 8.78. The zero-order valence-corrected chi connectivity index (χ0v) is 12.0. The van der Waals surface area contributed by atoms with Crippen LogP contribution in [0.2, 0.25) is 0 Å². The smallest absolute Gasteiger partial charge is 0.323 e. The summed E-state index contributed by atoms with van der Waals surface area (Å²) >= 11 is 0. The van der Waals surface area contributed by atoms with Crippen LogP contribution < -0.4 is 11.5 Å². The molecule has 4 N–H and O–H groups in total. The Hall–Kier alpha value is -1.95. The van der Waals surface area contributed by atoms with Crippen LogP contribution in [0.3, 0.4) is 0 Å². The van der Waals surface area contributed by atoms with E-state index >= 15 is 0 Å². The molecule has 0 spiro atoms. The maximum absolute atomic E-state index is 12.0. The lowest BCUT2D eigenvalue weighted by Crippen LogP contribution is -2.32. The Morgan fingerprint density at radius 1 is 1.29 bits per heavy atom. The molecule has 1 unspecified atom stereocenters. The number of unbranched alkanes of at least 4 members (excludes halogenated alkanes) is 1. The molecule has 0 aliphatic rings. The van der Waals surface area contributed by atoms with Crippen LogP contribution in [0.25, 0.3) is 0 Å². The molecule has 1 aromatic carbocycles. The van der Waals surface area contributed by atoms with Gasteiger partial charge in [-0.1, -0.05) is 30.3 Å². The van der Waals surface area contributed by atoms with E-state index in [4.69, 9.17) is 16.2 Å². The van der Waals surface area contributed by atoms with E-state index in [0.29, 0.717) is 25.8 Å². The monoisotopic (exact) mass is 295 g/mol. The number of rotatable bonds is 9. The Bertz CT molecular complexity index is 451. The number of halogens is 1. The SMILES string of the molecule is NC(CF)=NCCCCC(N)C(=O)OCc1ccccc1. The van der Waals surface area contributed by atoms with Crippen molar-refractivity contribution in [2.45, 2.75) is 31.9 Å². The molecule has 0 aliphatic carbocycles. The van der Waals surface area contributed by atoms with Gasteiger partial charge >= 0.3 is 5.97 Å². The van der Waals surface area contributed by atoms with Crippen molar-refractivity contribution in [3.05, 3.63) is 35.9 Å². The van der Waals surface area contributed by atoms with Crippen LogP contribution >= 0.6 is 0 Å². The first kappa shape index (κ1) is 17.1. The Labute approximate surface area is 124 Å². The molecule has 0 radical (unpaired) electrons. The molecule has 116 valence electrons. The van der Waals surface area contributed by atoms with Crippen LogP contribution in [0.4, 0.5) is 4.39 Å². The normalized spacial score (nSPS) is 13.0. The number of amidine groups is 1. The molecule has 0 aromatic heterocycles. The molecule has 1 atom stereocenters. The van der Waals surface area contributed by atoms with Gasteiger partial charge in [-0.2, -0.15) is 0 Å². The van der Waals surface area contributed by atoms with Gasteiger partial charge in [-0.3, -0.25) is 9.79 Å². The van der Waals surface area contributed by atoms with Crippen molar-refractivity contribution >= 4 is 11.8 Å². The van der Waals surface area contributed by atoms with Crippen molar-refractivity contribution in [2.24, 2.45) is 16.5 Å². The zero-order valence-electron chi connectivity index (χ0n) is 12.0. The minimum atomic E-state index is -0.731. The minimum absolute atomic E-state index is 0.00145. The summed E-state index contributed by atoms with van der Waals surface area (Å²) in [6.45, 7) is -0.0580. The summed E-state index contributed by atoms with van der Waals surface area (Å²) in [4.78, 5) is 15.5. The van der Waals surface area contributed by atoms with Gasteiger partial charge < -0.3 is 16.2 Å². The molecule has 5 nitrogen and oxygen atoms in total. The van der Waals surface area contributed by atoms with Crippen LogP contribution in [0.15, 0.2) is 35.3 Å². The van der Waals surface area contributed by atoms with Crippen LogP contribution in [0.1, 0.15) is 24.8 Å². The average molecular weight is 295 g/mol. The van der Waals surface area contributed by atoms with Gasteiger partial charge in [-0.15, -0.1) is 0 Å². The highest BCUT2D eigenvalue weighted by Crippen LogP contribution is 2.05. The summed E-state index contributed by atoms with van der Waals surface area (Å²) in [5, 5.41) is 0. The van der Waals surface area contributed by atoms with E-state index in [-0.39, 0.29) is 12.4 Å². The number of aliphatic imine (C=N–C) groups is 1. The molecule has 1 rings (SSSR count). The topological polar surface area (TPSA) is 90.7 Å². The molecular weight excluding hydrogens is 273 g/mol. The Morgan fingerprint density at radius 2 is 2.00 bits per heavy atom. The molecule has 0 bridgehead atoms. The van der Waals surface area contributed by atoms with E-state index in [1.807, 2.05) is 30.3 Å². The number of nitrogens with two attached hydrogens (primary N) is 2. The fourth-order valence-electron chi connectivity index (χ4n) is 1.69.